The van der Waals surface area contributed by atoms with Gasteiger partial charge in [-0.25, -0.2) is 9.18 Å². The number of furan rings is 1. The number of carboxylic acid groups (broad SMARTS) is 1. The molecule has 0 aliphatic rings. The number of benzene rings is 1. The minimum Gasteiger partial charge on any atom is -0.477 e. The van der Waals surface area contributed by atoms with Crippen molar-refractivity contribution in [2.24, 2.45) is 0 Å². The van der Waals surface area contributed by atoms with Crippen molar-refractivity contribution in [2.75, 3.05) is 0 Å². The molecule has 0 bridgehead atoms. The van der Waals surface area contributed by atoms with E-state index >= 15 is 0 Å². The minimum atomic E-state index is -1.01. The van der Waals surface area contributed by atoms with E-state index < -0.39 is 5.97 Å². The fourth-order valence-electron chi connectivity index (χ4n) is 2.13. The molecule has 0 amide bonds. The molecular formula is C15H11FO3S2. The van der Waals surface area contributed by atoms with E-state index in [-0.39, 0.29) is 10.7 Å². The molecule has 0 saturated carbocycles. The van der Waals surface area contributed by atoms with Crippen molar-refractivity contribution < 1.29 is 18.7 Å². The first-order valence-corrected chi connectivity index (χ1v) is 8.17. The highest BCUT2D eigenvalue weighted by molar-refractivity contribution is 7.97. The van der Waals surface area contributed by atoms with Gasteiger partial charge in [0.05, 0.1) is 12.0 Å². The zero-order valence-corrected chi connectivity index (χ0v) is 12.5. The summed E-state index contributed by atoms with van der Waals surface area (Å²) in [6, 6.07) is 8.37. The number of rotatable bonds is 5. The Bertz CT molecular complexity index is 778. The van der Waals surface area contributed by atoms with Crippen molar-refractivity contribution >= 4 is 39.2 Å². The summed E-state index contributed by atoms with van der Waals surface area (Å²) in [5.41, 5.74) is 0.553. The van der Waals surface area contributed by atoms with Crippen LogP contribution < -0.4 is 0 Å². The number of aromatic carboxylic acids is 1. The predicted octanol–water partition coefficient (Wildman–Crippen LogP) is 4.77. The van der Waals surface area contributed by atoms with E-state index in [0.29, 0.717) is 27.2 Å². The van der Waals surface area contributed by atoms with Crippen molar-refractivity contribution in [3.63, 3.8) is 0 Å². The van der Waals surface area contributed by atoms with Gasteiger partial charge in [0.2, 0.25) is 0 Å². The highest BCUT2D eigenvalue weighted by Crippen LogP contribution is 2.36. The first kappa shape index (κ1) is 14.2. The monoisotopic (exact) mass is 322 g/mol. The Morgan fingerprint density at radius 3 is 2.86 bits per heavy atom. The Morgan fingerprint density at radius 1 is 1.29 bits per heavy atom. The summed E-state index contributed by atoms with van der Waals surface area (Å²) in [6.07, 6.45) is 1.60. The van der Waals surface area contributed by atoms with Gasteiger partial charge in [0.1, 0.15) is 16.5 Å². The van der Waals surface area contributed by atoms with Gasteiger partial charge in [-0.3, -0.25) is 0 Å². The summed E-state index contributed by atoms with van der Waals surface area (Å²) in [5, 5.41) is 9.72. The molecule has 0 aliphatic heterocycles. The van der Waals surface area contributed by atoms with Gasteiger partial charge in [0, 0.05) is 15.8 Å². The van der Waals surface area contributed by atoms with E-state index in [1.165, 1.54) is 17.8 Å². The minimum absolute atomic E-state index is 0.210. The average Bonchev–Trinajstić information content (AvgIpc) is 3.07. The fraction of sp³-hybridized carbons (Fsp3) is 0.133. The molecule has 3 nitrogen and oxygen atoms in total. The standard InChI is InChI=1S/C15H11FO3S2/c16-11-4-1-5-12-13(11)10(14(21-12)15(17)18)8-20-7-9-3-2-6-19-9/h1-6H,7-8H2,(H,17,18). The van der Waals surface area contributed by atoms with Crippen LogP contribution in [-0.2, 0) is 11.5 Å². The van der Waals surface area contributed by atoms with E-state index in [0.717, 1.165) is 17.1 Å². The summed E-state index contributed by atoms with van der Waals surface area (Å²) in [6.45, 7) is 0. The number of hydrogen-bond acceptors (Lipinski definition) is 4. The smallest absolute Gasteiger partial charge is 0.346 e. The zero-order valence-electron chi connectivity index (χ0n) is 10.8. The molecule has 1 aromatic carbocycles. The van der Waals surface area contributed by atoms with Crippen LogP contribution in [0, 0.1) is 5.82 Å². The van der Waals surface area contributed by atoms with Crippen LogP contribution in [0.25, 0.3) is 10.1 Å². The third-order valence-electron chi connectivity index (χ3n) is 3.03. The van der Waals surface area contributed by atoms with Gasteiger partial charge in [0.25, 0.3) is 0 Å². The van der Waals surface area contributed by atoms with Gasteiger partial charge in [-0.05, 0) is 29.8 Å². The Balaban J connectivity index is 1.91. The number of halogens is 1. The lowest BCUT2D eigenvalue weighted by atomic mass is 10.1. The lowest BCUT2D eigenvalue weighted by Gasteiger charge is -2.02. The maximum absolute atomic E-state index is 14.0. The first-order chi connectivity index (χ1) is 10.2. The molecule has 0 fully saturated rings. The molecule has 21 heavy (non-hydrogen) atoms. The van der Waals surface area contributed by atoms with Crippen LogP contribution in [0.15, 0.2) is 41.0 Å². The highest BCUT2D eigenvalue weighted by atomic mass is 32.2. The number of carbonyl (C=O) groups is 1. The number of thioether (sulfide) groups is 1. The van der Waals surface area contributed by atoms with Crippen LogP contribution in [0.2, 0.25) is 0 Å². The topological polar surface area (TPSA) is 50.4 Å². The Hall–Kier alpha value is -1.79. The Labute approximate surface area is 128 Å². The molecule has 0 saturated heterocycles. The van der Waals surface area contributed by atoms with Crippen molar-refractivity contribution in [3.05, 3.63) is 58.6 Å². The van der Waals surface area contributed by atoms with E-state index in [4.69, 9.17) is 4.42 Å². The zero-order chi connectivity index (χ0) is 14.8. The van der Waals surface area contributed by atoms with Crippen molar-refractivity contribution in [1.82, 2.24) is 0 Å². The molecular weight excluding hydrogens is 311 g/mol. The van der Waals surface area contributed by atoms with Gasteiger partial charge in [-0.1, -0.05) is 6.07 Å². The second-order valence-electron chi connectivity index (χ2n) is 4.40. The van der Waals surface area contributed by atoms with Crippen molar-refractivity contribution in [1.29, 1.82) is 0 Å². The fourth-order valence-corrected chi connectivity index (χ4v) is 4.25. The summed E-state index contributed by atoms with van der Waals surface area (Å²) >= 11 is 2.62. The van der Waals surface area contributed by atoms with Crippen LogP contribution >= 0.6 is 23.1 Å². The van der Waals surface area contributed by atoms with E-state index in [1.807, 2.05) is 6.07 Å². The molecule has 0 spiro atoms. The molecule has 6 heteroatoms. The molecule has 0 aliphatic carbocycles. The maximum Gasteiger partial charge on any atom is 0.346 e. The summed E-state index contributed by atoms with van der Waals surface area (Å²) in [5.74, 6) is 0.493. The SMILES string of the molecule is O=C(O)c1sc2cccc(F)c2c1CSCc1ccco1. The third-order valence-corrected chi connectivity index (χ3v) is 5.20. The second kappa shape index (κ2) is 5.91. The van der Waals surface area contributed by atoms with Gasteiger partial charge >= 0.3 is 5.97 Å². The molecule has 1 N–H and O–H groups in total. The molecule has 108 valence electrons. The summed E-state index contributed by atoms with van der Waals surface area (Å²) < 4.78 is 19.9. The van der Waals surface area contributed by atoms with Crippen molar-refractivity contribution in [2.45, 2.75) is 11.5 Å². The molecule has 3 rings (SSSR count). The summed E-state index contributed by atoms with van der Waals surface area (Å²) in [4.78, 5) is 11.6. The van der Waals surface area contributed by atoms with E-state index in [9.17, 15) is 14.3 Å². The van der Waals surface area contributed by atoms with E-state index in [2.05, 4.69) is 0 Å². The number of carboxylic acids is 1. The number of hydrogen-bond donors (Lipinski definition) is 1. The van der Waals surface area contributed by atoms with Gasteiger partial charge in [0.15, 0.2) is 0 Å². The molecule has 0 atom stereocenters. The predicted molar refractivity (Wildman–Crippen MR) is 82.4 cm³/mol. The van der Waals surface area contributed by atoms with Crippen LogP contribution in [0.3, 0.4) is 0 Å². The van der Waals surface area contributed by atoms with Crippen LogP contribution in [0.4, 0.5) is 4.39 Å². The molecule has 0 unspecified atom stereocenters. The van der Waals surface area contributed by atoms with Gasteiger partial charge in [-0.15, -0.1) is 23.1 Å². The largest absolute Gasteiger partial charge is 0.477 e. The summed E-state index contributed by atoms with van der Waals surface area (Å²) in [7, 11) is 0. The normalized spacial score (nSPS) is 11.1. The third kappa shape index (κ3) is 2.82. The van der Waals surface area contributed by atoms with Crippen LogP contribution in [0.1, 0.15) is 21.0 Å². The maximum atomic E-state index is 14.0. The van der Waals surface area contributed by atoms with Gasteiger partial charge in [-0.2, -0.15) is 0 Å². The molecule has 0 radical (unpaired) electrons. The highest BCUT2D eigenvalue weighted by Gasteiger charge is 2.20. The Morgan fingerprint density at radius 2 is 2.14 bits per heavy atom. The van der Waals surface area contributed by atoms with Crippen LogP contribution in [0.5, 0.6) is 0 Å². The molecule has 2 aromatic heterocycles. The first-order valence-electron chi connectivity index (χ1n) is 6.20. The number of fused-ring (bicyclic) bond motifs is 1. The molecule has 3 aromatic rings. The second-order valence-corrected chi connectivity index (χ2v) is 6.44. The van der Waals surface area contributed by atoms with Crippen molar-refractivity contribution in [3.8, 4) is 0 Å². The molecule has 2 heterocycles. The lowest BCUT2D eigenvalue weighted by Crippen LogP contribution is -1.97. The van der Waals surface area contributed by atoms with Gasteiger partial charge < -0.3 is 9.52 Å². The lowest BCUT2D eigenvalue weighted by molar-refractivity contribution is 0.0701. The quantitative estimate of drug-likeness (QED) is 0.735. The number of thiophene rings is 1. The van der Waals surface area contributed by atoms with Crippen LogP contribution in [-0.4, -0.2) is 11.1 Å². The average molecular weight is 322 g/mol. The Kier molecular flexibility index (Phi) is 3.98. The van der Waals surface area contributed by atoms with E-state index in [1.54, 1.807) is 24.5 Å².